The number of aromatic nitrogens is 2. The quantitative estimate of drug-likeness (QED) is 0.641. The van der Waals surface area contributed by atoms with E-state index in [1.165, 1.54) is 11.0 Å². The Morgan fingerprint density at radius 2 is 2.04 bits per heavy atom. The fraction of sp³-hybridized carbons (Fsp3) is 0.389. The van der Waals surface area contributed by atoms with Crippen molar-refractivity contribution in [2.75, 3.05) is 19.7 Å². The van der Waals surface area contributed by atoms with E-state index in [4.69, 9.17) is 4.74 Å². The molecule has 1 aromatic heterocycles. The number of hydrogen-bond acceptors (Lipinski definition) is 4. The van der Waals surface area contributed by atoms with Gasteiger partial charge in [0.15, 0.2) is 11.6 Å². The van der Waals surface area contributed by atoms with Crippen molar-refractivity contribution in [1.82, 2.24) is 14.5 Å². The Hall–Kier alpha value is -2.77. The Kier molecular flexibility index (Phi) is 7.25. The number of carbonyl (C=O) groups is 2. The maximum Gasteiger partial charge on any atom is 0.307 e. The fourth-order valence-electron chi connectivity index (χ4n) is 2.45. The van der Waals surface area contributed by atoms with E-state index in [9.17, 15) is 18.4 Å². The van der Waals surface area contributed by atoms with Gasteiger partial charge in [0.25, 0.3) is 5.91 Å². The number of rotatable bonds is 9. The molecule has 8 heteroatoms. The van der Waals surface area contributed by atoms with Crippen LogP contribution >= 0.6 is 0 Å². The number of imidazole rings is 1. The zero-order chi connectivity index (χ0) is 18.9. The number of carbonyl (C=O) groups excluding carboxylic acids is 2. The summed E-state index contributed by atoms with van der Waals surface area (Å²) in [7, 11) is 0. The molecule has 0 saturated carbocycles. The molecule has 0 fully saturated rings. The Labute approximate surface area is 150 Å². The van der Waals surface area contributed by atoms with Crippen LogP contribution in [0.3, 0.4) is 0 Å². The Bertz CT molecular complexity index is 735. The maximum absolute atomic E-state index is 13.4. The number of amides is 1. The highest BCUT2D eigenvalue weighted by Crippen LogP contribution is 2.12. The summed E-state index contributed by atoms with van der Waals surface area (Å²) in [6.45, 7) is 3.10. The van der Waals surface area contributed by atoms with Gasteiger partial charge in [-0.05, 0) is 31.5 Å². The lowest BCUT2D eigenvalue weighted by molar-refractivity contribution is -0.143. The van der Waals surface area contributed by atoms with Crippen molar-refractivity contribution in [1.29, 1.82) is 0 Å². The molecule has 0 saturated heterocycles. The maximum atomic E-state index is 13.4. The summed E-state index contributed by atoms with van der Waals surface area (Å²) in [6.07, 6.45) is 5.79. The van der Waals surface area contributed by atoms with Crippen LogP contribution in [0.5, 0.6) is 0 Å². The number of aryl methyl sites for hydroxylation is 1. The molecule has 0 aliphatic heterocycles. The molecular weight excluding hydrogens is 344 g/mol. The molecule has 0 aliphatic carbocycles. The van der Waals surface area contributed by atoms with Crippen molar-refractivity contribution in [2.45, 2.75) is 26.3 Å². The largest absolute Gasteiger partial charge is 0.466 e. The van der Waals surface area contributed by atoms with Gasteiger partial charge in [0.05, 0.1) is 19.4 Å². The number of hydrogen-bond donors (Lipinski definition) is 0. The average molecular weight is 365 g/mol. The van der Waals surface area contributed by atoms with Gasteiger partial charge < -0.3 is 14.2 Å². The summed E-state index contributed by atoms with van der Waals surface area (Å²) >= 11 is 0. The van der Waals surface area contributed by atoms with Crippen LogP contribution in [-0.4, -0.2) is 46.0 Å². The van der Waals surface area contributed by atoms with Crippen molar-refractivity contribution in [3.63, 3.8) is 0 Å². The lowest BCUT2D eigenvalue weighted by Gasteiger charge is -2.22. The van der Waals surface area contributed by atoms with Crippen molar-refractivity contribution in [3.05, 3.63) is 54.1 Å². The van der Waals surface area contributed by atoms with Crippen molar-refractivity contribution >= 4 is 11.9 Å². The average Bonchev–Trinajstić information content (AvgIpc) is 3.13. The first-order valence-corrected chi connectivity index (χ1v) is 8.37. The number of nitrogens with zero attached hydrogens (tertiary/aromatic N) is 3. The zero-order valence-electron chi connectivity index (χ0n) is 14.5. The van der Waals surface area contributed by atoms with E-state index in [-0.39, 0.29) is 25.1 Å². The van der Waals surface area contributed by atoms with Gasteiger partial charge in [-0.15, -0.1) is 0 Å². The summed E-state index contributed by atoms with van der Waals surface area (Å²) in [5.41, 5.74) is 0.0374. The topological polar surface area (TPSA) is 64.4 Å². The van der Waals surface area contributed by atoms with Crippen LogP contribution in [0.4, 0.5) is 8.78 Å². The van der Waals surface area contributed by atoms with Gasteiger partial charge in [0.2, 0.25) is 0 Å². The Morgan fingerprint density at radius 1 is 1.23 bits per heavy atom. The standard InChI is InChI=1S/C18H21F2N3O3/c1-2-26-17(24)6-10-23(9-3-8-22-11-7-21-13-22)18(25)14-4-5-15(19)16(20)12-14/h4-5,7,11-13H,2-3,6,8-10H2,1H3. The van der Waals surface area contributed by atoms with Gasteiger partial charge in [-0.1, -0.05) is 0 Å². The van der Waals surface area contributed by atoms with Crippen molar-refractivity contribution in [3.8, 4) is 0 Å². The minimum atomic E-state index is -1.08. The normalized spacial score (nSPS) is 10.6. The van der Waals surface area contributed by atoms with Crippen LogP contribution in [0.15, 0.2) is 36.9 Å². The molecule has 0 unspecified atom stereocenters. The molecule has 0 aliphatic rings. The first-order valence-electron chi connectivity index (χ1n) is 8.37. The third-order valence-electron chi connectivity index (χ3n) is 3.75. The second-order valence-electron chi connectivity index (χ2n) is 5.63. The van der Waals surface area contributed by atoms with E-state index < -0.39 is 23.5 Å². The van der Waals surface area contributed by atoms with Gasteiger partial charge in [-0.3, -0.25) is 9.59 Å². The second-order valence-corrected chi connectivity index (χ2v) is 5.63. The van der Waals surface area contributed by atoms with Crippen LogP contribution < -0.4 is 0 Å². The minimum Gasteiger partial charge on any atom is -0.466 e. The van der Waals surface area contributed by atoms with Gasteiger partial charge in [0.1, 0.15) is 0 Å². The first kappa shape index (κ1) is 19.6. The van der Waals surface area contributed by atoms with E-state index in [0.717, 1.165) is 12.1 Å². The molecule has 140 valence electrons. The number of benzene rings is 1. The van der Waals surface area contributed by atoms with Crippen LogP contribution in [0.1, 0.15) is 30.1 Å². The summed E-state index contributed by atoms with van der Waals surface area (Å²) in [5.74, 6) is -2.97. The summed E-state index contributed by atoms with van der Waals surface area (Å²) < 4.78 is 33.3. The number of ether oxygens (including phenoxy) is 1. The second kappa shape index (κ2) is 9.65. The summed E-state index contributed by atoms with van der Waals surface area (Å²) in [5, 5.41) is 0. The van der Waals surface area contributed by atoms with Gasteiger partial charge >= 0.3 is 5.97 Å². The number of halogens is 2. The van der Waals surface area contributed by atoms with Crippen LogP contribution in [0, 0.1) is 11.6 Å². The van der Waals surface area contributed by atoms with Gasteiger partial charge in [-0.25, -0.2) is 13.8 Å². The minimum absolute atomic E-state index is 0.0360. The first-order chi connectivity index (χ1) is 12.5. The van der Waals surface area contributed by atoms with Crippen molar-refractivity contribution in [2.24, 2.45) is 0 Å². The van der Waals surface area contributed by atoms with E-state index in [2.05, 4.69) is 4.98 Å². The third kappa shape index (κ3) is 5.65. The summed E-state index contributed by atoms with van der Waals surface area (Å²) in [4.78, 5) is 29.6. The van der Waals surface area contributed by atoms with E-state index in [1.54, 1.807) is 25.6 Å². The summed E-state index contributed by atoms with van der Waals surface area (Å²) in [6, 6.07) is 3.01. The zero-order valence-corrected chi connectivity index (χ0v) is 14.5. The molecule has 0 spiro atoms. The number of esters is 1. The molecule has 1 heterocycles. The highest BCUT2D eigenvalue weighted by Gasteiger charge is 2.18. The molecule has 0 radical (unpaired) electrons. The molecular formula is C18H21F2N3O3. The highest BCUT2D eigenvalue weighted by molar-refractivity contribution is 5.94. The lowest BCUT2D eigenvalue weighted by atomic mass is 10.1. The molecule has 0 atom stereocenters. The Morgan fingerprint density at radius 3 is 2.69 bits per heavy atom. The smallest absolute Gasteiger partial charge is 0.307 e. The highest BCUT2D eigenvalue weighted by atomic mass is 19.2. The van der Waals surface area contributed by atoms with Gasteiger partial charge in [0, 0.05) is 37.6 Å². The molecule has 1 amide bonds. The van der Waals surface area contributed by atoms with Gasteiger partial charge in [-0.2, -0.15) is 0 Å². The molecule has 26 heavy (non-hydrogen) atoms. The van der Waals surface area contributed by atoms with Crippen LogP contribution in [0.25, 0.3) is 0 Å². The third-order valence-corrected chi connectivity index (χ3v) is 3.75. The lowest BCUT2D eigenvalue weighted by Crippen LogP contribution is -2.34. The SMILES string of the molecule is CCOC(=O)CCN(CCCn1ccnc1)C(=O)c1ccc(F)c(F)c1. The Balaban J connectivity index is 2.03. The van der Waals surface area contributed by atoms with Crippen LogP contribution in [-0.2, 0) is 16.1 Å². The molecule has 2 aromatic rings. The predicted octanol–water partition coefficient (Wildman–Crippen LogP) is 2.65. The van der Waals surface area contributed by atoms with Crippen molar-refractivity contribution < 1.29 is 23.1 Å². The molecule has 0 N–H and O–H groups in total. The predicted molar refractivity (Wildman–Crippen MR) is 90.4 cm³/mol. The van der Waals surface area contributed by atoms with E-state index >= 15 is 0 Å². The van der Waals surface area contributed by atoms with E-state index in [1.807, 2.05) is 4.57 Å². The molecule has 2 rings (SSSR count). The molecule has 0 bridgehead atoms. The van der Waals surface area contributed by atoms with Crippen LogP contribution in [0.2, 0.25) is 0 Å². The van der Waals surface area contributed by atoms with E-state index in [0.29, 0.717) is 19.5 Å². The molecule has 1 aromatic carbocycles. The monoisotopic (exact) mass is 365 g/mol. The molecule has 6 nitrogen and oxygen atoms in total. The fourth-order valence-corrected chi connectivity index (χ4v) is 2.45.